The van der Waals surface area contributed by atoms with Gasteiger partial charge in [0.2, 0.25) is 0 Å². The lowest BCUT2D eigenvalue weighted by molar-refractivity contribution is -0.192. The minimum Gasteiger partial charge on any atom is -0.475 e. The van der Waals surface area contributed by atoms with Gasteiger partial charge in [-0.3, -0.25) is 4.79 Å². The zero-order valence-electron chi connectivity index (χ0n) is 16.1. The number of nitrogens with one attached hydrogen (secondary N) is 1. The summed E-state index contributed by atoms with van der Waals surface area (Å²) in [5.74, 6) is -2.76. The number of halogens is 3. The summed E-state index contributed by atoms with van der Waals surface area (Å²) in [6.45, 7) is 4.97. The van der Waals surface area contributed by atoms with Gasteiger partial charge in [0.1, 0.15) is 0 Å². The zero-order valence-corrected chi connectivity index (χ0v) is 16.1. The Labute approximate surface area is 169 Å². The molecule has 0 bridgehead atoms. The number of aliphatic hydroxyl groups excluding tert-OH is 1. The molecule has 1 saturated heterocycles. The predicted molar refractivity (Wildman–Crippen MR) is 102 cm³/mol. The van der Waals surface area contributed by atoms with Gasteiger partial charge in [-0.05, 0) is 30.5 Å². The minimum absolute atomic E-state index is 0.138. The van der Waals surface area contributed by atoms with E-state index in [-0.39, 0.29) is 11.7 Å². The highest BCUT2D eigenvalue weighted by Gasteiger charge is 2.38. The van der Waals surface area contributed by atoms with E-state index in [1.807, 2.05) is 6.92 Å². The first-order chi connectivity index (χ1) is 14.1. The molecular weight excluding hydrogens is 405 g/mol. The van der Waals surface area contributed by atoms with Gasteiger partial charge in [0.25, 0.3) is 5.56 Å². The number of aliphatic carboxylic acids is 1. The maximum atomic E-state index is 11.8. The van der Waals surface area contributed by atoms with Gasteiger partial charge in [-0.15, -0.1) is 0 Å². The van der Waals surface area contributed by atoms with E-state index in [1.165, 1.54) is 16.8 Å². The van der Waals surface area contributed by atoms with Gasteiger partial charge in [-0.25, -0.2) is 9.89 Å². The van der Waals surface area contributed by atoms with Crippen LogP contribution in [0.15, 0.2) is 29.2 Å². The van der Waals surface area contributed by atoms with Crippen molar-refractivity contribution in [3.05, 3.63) is 51.4 Å². The second-order valence-corrected chi connectivity index (χ2v) is 7.17. The first-order valence-electron chi connectivity index (χ1n) is 9.21. The normalized spacial score (nSPS) is 18.1. The van der Waals surface area contributed by atoms with Crippen LogP contribution >= 0.6 is 0 Å². The van der Waals surface area contributed by atoms with Gasteiger partial charge < -0.3 is 20.0 Å². The van der Waals surface area contributed by atoms with Crippen molar-refractivity contribution in [2.24, 2.45) is 0 Å². The van der Waals surface area contributed by atoms with Crippen LogP contribution in [0, 0.1) is 6.92 Å². The Kier molecular flexibility index (Phi) is 6.01. The quantitative estimate of drug-likeness (QED) is 0.672. The molecule has 1 fully saturated rings. The molecule has 1 aromatic heterocycles. The molecule has 0 radical (unpaired) electrons. The SMILES string of the molecule is Cc1c(N2Cc3cccc(N4CCC(O)C4)c3C2)cn[nH]c1=O.O=C(O)C(F)(F)F. The number of hydrogen-bond donors (Lipinski definition) is 3. The highest BCUT2D eigenvalue weighted by atomic mass is 19.4. The Bertz CT molecular complexity index is 992. The fourth-order valence-corrected chi connectivity index (χ4v) is 3.60. The van der Waals surface area contributed by atoms with Gasteiger partial charge >= 0.3 is 12.1 Å². The smallest absolute Gasteiger partial charge is 0.475 e. The van der Waals surface area contributed by atoms with Crippen LogP contribution in [0.5, 0.6) is 0 Å². The summed E-state index contributed by atoms with van der Waals surface area (Å²) in [5, 5.41) is 23.3. The lowest BCUT2D eigenvalue weighted by atomic mass is 10.1. The molecule has 1 unspecified atom stereocenters. The van der Waals surface area contributed by atoms with Gasteiger partial charge in [-0.2, -0.15) is 18.3 Å². The molecule has 3 N–H and O–H groups in total. The number of alkyl halides is 3. The average molecular weight is 426 g/mol. The highest BCUT2D eigenvalue weighted by molar-refractivity contribution is 5.73. The molecule has 0 spiro atoms. The van der Waals surface area contributed by atoms with E-state index in [1.54, 1.807) is 6.20 Å². The summed E-state index contributed by atoms with van der Waals surface area (Å²) in [7, 11) is 0. The van der Waals surface area contributed by atoms with Crippen LogP contribution in [-0.4, -0.2) is 51.7 Å². The number of nitrogens with zero attached hydrogens (tertiary/aromatic N) is 3. The molecule has 2 aliphatic heterocycles. The number of carboxylic acids is 1. The van der Waals surface area contributed by atoms with Crippen molar-refractivity contribution in [3.63, 3.8) is 0 Å². The summed E-state index contributed by atoms with van der Waals surface area (Å²) in [6.07, 6.45) is -2.77. The van der Waals surface area contributed by atoms with Crippen molar-refractivity contribution in [2.45, 2.75) is 38.7 Å². The molecule has 11 heteroatoms. The summed E-state index contributed by atoms with van der Waals surface area (Å²) in [5.41, 5.74) is 5.23. The number of H-pyrrole nitrogens is 1. The second kappa shape index (κ2) is 8.34. The van der Waals surface area contributed by atoms with Crippen LogP contribution in [0.25, 0.3) is 0 Å². The number of benzene rings is 1. The van der Waals surface area contributed by atoms with Crippen LogP contribution < -0.4 is 15.4 Å². The molecule has 1 aromatic carbocycles. The van der Waals surface area contributed by atoms with Crippen molar-refractivity contribution in [3.8, 4) is 0 Å². The van der Waals surface area contributed by atoms with E-state index in [2.05, 4.69) is 38.2 Å². The molecule has 3 heterocycles. The molecule has 8 nitrogen and oxygen atoms in total. The Balaban J connectivity index is 0.000000318. The number of aliphatic hydroxyl groups is 1. The molecule has 2 aromatic rings. The highest BCUT2D eigenvalue weighted by Crippen LogP contribution is 2.35. The zero-order chi connectivity index (χ0) is 22.1. The largest absolute Gasteiger partial charge is 0.490 e. The number of hydrogen-bond acceptors (Lipinski definition) is 6. The van der Waals surface area contributed by atoms with Crippen molar-refractivity contribution in [1.82, 2.24) is 10.2 Å². The number of fused-ring (bicyclic) bond motifs is 1. The number of carbonyl (C=O) groups is 1. The van der Waals surface area contributed by atoms with E-state index in [9.17, 15) is 23.1 Å². The molecule has 0 amide bonds. The summed E-state index contributed by atoms with van der Waals surface area (Å²) in [6, 6.07) is 6.34. The van der Waals surface area contributed by atoms with Crippen LogP contribution in [-0.2, 0) is 17.9 Å². The predicted octanol–water partition coefficient (Wildman–Crippen LogP) is 1.80. The second-order valence-electron chi connectivity index (χ2n) is 7.17. The number of aromatic amines is 1. The third-order valence-corrected chi connectivity index (χ3v) is 5.12. The van der Waals surface area contributed by atoms with Crippen LogP contribution in [0.4, 0.5) is 24.5 Å². The van der Waals surface area contributed by atoms with E-state index < -0.39 is 12.1 Å². The van der Waals surface area contributed by atoms with Crippen LogP contribution in [0.3, 0.4) is 0 Å². The molecular formula is C19H21F3N4O4. The lowest BCUT2D eigenvalue weighted by Crippen LogP contribution is -2.23. The fourth-order valence-electron chi connectivity index (χ4n) is 3.60. The monoisotopic (exact) mass is 426 g/mol. The molecule has 30 heavy (non-hydrogen) atoms. The topological polar surface area (TPSA) is 110 Å². The number of β-amino-alcohol motifs (C(OH)–C–C–N with tert-alkyl or cyclic N) is 1. The third-order valence-electron chi connectivity index (χ3n) is 5.12. The standard InChI is InChI=1S/C17H20N4O2.C2HF3O2/c1-11-16(7-18-19-17(11)23)21-8-12-3-2-4-15(14(12)10-21)20-6-5-13(22)9-20;3-2(4,5)1(6)7/h2-4,7,13,22H,5-6,8-10H2,1H3,(H,19,23);(H,6,7). The van der Waals surface area contributed by atoms with Gasteiger partial charge in [-0.1, -0.05) is 12.1 Å². The number of rotatable bonds is 2. The Morgan fingerprint density at radius 1 is 1.23 bits per heavy atom. The van der Waals surface area contributed by atoms with Crippen LogP contribution in [0.2, 0.25) is 0 Å². The Morgan fingerprint density at radius 3 is 2.53 bits per heavy atom. The van der Waals surface area contributed by atoms with E-state index in [0.717, 1.165) is 31.7 Å². The van der Waals surface area contributed by atoms with Gasteiger partial charge in [0.15, 0.2) is 0 Å². The fraction of sp³-hybridized carbons (Fsp3) is 0.421. The number of aromatic nitrogens is 2. The molecule has 4 rings (SSSR count). The van der Waals surface area contributed by atoms with E-state index in [4.69, 9.17) is 9.90 Å². The van der Waals surface area contributed by atoms with Crippen molar-refractivity contribution in [2.75, 3.05) is 22.9 Å². The Hall–Kier alpha value is -3.08. The first kappa shape index (κ1) is 21.6. The summed E-state index contributed by atoms with van der Waals surface area (Å²) in [4.78, 5) is 25.1. The summed E-state index contributed by atoms with van der Waals surface area (Å²) < 4.78 is 31.7. The minimum atomic E-state index is -5.08. The molecule has 0 saturated carbocycles. The average Bonchev–Trinajstić information content (AvgIpc) is 3.29. The Morgan fingerprint density at radius 2 is 1.93 bits per heavy atom. The van der Waals surface area contributed by atoms with Crippen LogP contribution in [0.1, 0.15) is 23.1 Å². The van der Waals surface area contributed by atoms with Crippen molar-refractivity contribution >= 4 is 17.3 Å². The maximum Gasteiger partial charge on any atom is 0.490 e. The summed E-state index contributed by atoms with van der Waals surface area (Å²) >= 11 is 0. The maximum absolute atomic E-state index is 11.8. The first-order valence-corrected chi connectivity index (χ1v) is 9.21. The lowest BCUT2D eigenvalue weighted by Gasteiger charge is -2.22. The van der Waals surface area contributed by atoms with E-state index in [0.29, 0.717) is 12.1 Å². The third kappa shape index (κ3) is 4.56. The number of anilines is 2. The molecule has 0 aliphatic carbocycles. The van der Waals surface area contributed by atoms with Gasteiger partial charge in [0.05, 0.1) is 18.0 Å². The molecule has 2 aliphatic rings. The number of carboxylic acid groups (broad SMARTS) is 1. The molecule has 162 valence electrons. The van der Waals surface area contributed by atoms with Crippen molar-refractivity contribution < 1.29 is 28.2 Å². The van der Waals surface area contributed by atoms with Crippen molar-refractivity contribution in [1.29, 1.82) is 0 Å². The van der Waals surface area contributed by atoms with E-state index >= 15 is 0 Å². The molecule has 1 atom stereocenters. The van der Waals surface area contributed by atoms with Gasteiger partial charge in [0, 0.05) is 37.4 Å².